The van der Waals surface area contributed by atoms with Crippen molar-refractivity contribution < 1.29 is 0 Å². The monoisotopic (exact) mass is 128 g/mol. The molecule has 2 nitrogen and oxygen atoms in total. The average Bonchev–Trinajstić information content (AvgIpc) is 1.80. The van der Waals surface area contributed by atoms with Gasteiger partial charge < -0.3 is 11.1 Å². The van der Waals surface area contributed by atoms with Crippen LogP contribution in [0.15, 0.2) is 11.6 Å². The van der Waals surface area contributed by atoms with Gasteiger partial charge in [0.05, 0.1) is 0 Å². The molecule has 0 fully saturated rings. The van der Waals surface area contributed by atoms with Crippen molar-refractivity contribution in [3.05, 3.63) is 11.6 Å². The first-order chi connectivity index (χ1) is 4.27. The van der Waals surface area contributed by atoms with Crippen molar-refractivity contribution in [3.8, 4) is 0 Å². The molecule has 54 valence electrons. The highest BCUT2D eigenvalue weighted by Gasteiger charge is 1.78. The minimum absolute atomic E-state index is 0.719. The van der Waals surface area contributed by atoms with Crippen LogP contribution in [-0.2, 0) is 0 Å². The smallest absolute Gasteiger partial charge is 0.0137 e. The zero-order valence-electron chi connectivity index (χ0n) is 6.28. The number of nitrogens with two attached hydrogens (primary N) is 1. The van der Waals surface area contributed by atoms with Crippen molar-refractivity contribution in [2.75, 3.05) is 19.6 Å². The second-order valence-corrected chi connectivity index (χ2v) is 2.27. The third-order valence-corrected chi connectivity index (χ3v) is 0.976. The van der Waals surface area contributed by atoms with Crippen LogP contribution in [0.2, 0.25) is 0 Å². The molecule has 0 aliphatic heterocycles. The molecule has 0 aliphatic rings. The van der Waals surface area contributed by atoms with E-state index in [9.17, 15) is 0 Å². The van der Waals surface area contributed by atoms with Crippen molar-refractivity contribution in [3.63, 3.8) is 0 Å². The van der Waals surface area contributed by atoms with E-state index in [0.717, 1.165) is 19.6 Å². The van der Waals surface area contributed by atoms with E-state index in [1.807, 2.05) is 0 Å². The number of nitrogens with one attached hydrogen (secondary N) is 1. The van der Waals surface area contributed by atoms with E-state index in [0.29, 0.717) is 0 Å². The second-order valence-electron chi connectivity index (χ2n) is 2.27. The van der Waals surface area contributed by atoms with Gasteiger partial charge in [-0.25, -0.2) is 0 Å². The summed E-state index contributed by atoms with van der Waals surface area (Å²) < 4.78 is 0. The Hall–Kier alpha value is -0.340. The highest BCUT2D eigenvalue weighted by Crippen LogP contribution is 1.84. The molecule has 9 heavy (non-hydrogen) atoms. The summed E-state index contributed by atoms with van der Waals surface area (Å²) in [6.45, 7) is 6.74. The Morgan fingerprint density at radius 1 is 1.56 bits per heavy atom. The predicted molar refractivity (Wildman–Crippen MR) is 41.4 cm³/mol. The third-order valence-electron chi connectivity index (χ3n) is 0.976. The van der Waals surface area contributed by atoms with Gasteiger partial charge in [-0.2, -0.15) is 0 Å². The van der Waals surface area contributed by atoms with Gasteiger partial charge in [0.15, 0.2) is 0 Å². The standard InChI is InChI=1S/C7H16N2/c1-7(2)3-5-9-6-4-8/h3,9H,4-6,8H2,1-2H3. The van der Waals surface area contributed by atoms with Crippen LogP contribution >= 0.6 is 0 Å². The maximum atomic E-state index is 5.26. The summed E-state index contributed by atoms with van der Waals surface area (Å²) in [6.07, 6.45) is 2.15. The van der Waals surface area contributed by atoms with Crippen molar-refractivity contribution in [2.24, 2.45) is 5.73 Å². The lowest BCUT2D eigenvalue weighted by Crippen LogP contribution is -2.22. The van der Waals surface area contributed by atoms with E-state index in [1.54, 1.807) is 0 Å². The van der Waals surface area contributed by atoms with Crippen molar-refractivity contribution >= 4 is 0 Å². The Balaban J connectivity index is 3.00. The fourth-order valence-corrected chi connectivity index (χ4v) is 0.480. The Morgan fingerprint density at radius 2 is 2.22 bits per heavy atom. The molecule has 0 amide bonds. The van der Waals surface area contributed by atoms with Gasteiger partial charge in [0.25, 0.3) is 0 Å². The Labute approximate surface area is 57.1 Å². The topological polar surface area (TPSA) is 38.0 Å². The molecule has 3 N–H and O–H groups in total. The fraction of sp³-hybridized carbons (Fsp3) is 0.714. The van der Waals surface area contributed by atoms with Crippen LogP contribution in [-0.4, -0.2) is 19.6 Å². The summed E-state index contributed by atoms with van der Waals surface area (Å²) >= 11 is 0. The zero-order chi connectivity index (χ0) is 7.11. The van der Waals surface area contributed by atoms with Crippen LogP contribution in [0, 0.1) is 0 Å². The summed E-state index contributed by atoms with van der Waals surface area (Å²) in [5.41, 5.74) is 6.61. The normalized spacial score (nSPS) is 9.22. The van der Waals surface area contributed by atoms with Crippen LogP contribution in [0.25, 0.3) is 0 Å². The molecule has 0 saturated carbocycles. The quantitative estimate of drug-likeness (QED) is 0.427. The molecule has 0 unspecified atom stereocenters. The van der Waals surface area contributed by atoms with Crippen molar-refractivity contribution in [1.82, 2.24) is 5.32 Å². The summed E-state index contributed by atoms with van der Waals surface area (Å²) in [5.74, 6) is 0. The van der Waals surface area contributed by atoms with Gasteiger partial charge in [0.1, 0.15) is 0 Å². The van der Waals surface area contributed by atoms with Crippen LogP contribution in [0.4, 0.5) is 0 Å². The molecule has 0 heterocycles. The van der Waals surface area contributed by atoms with Crippen molar-refractivity contribution in [2.45, 2.75) is 13.8 Å². The van der Waals surface area contributed by atoms with E-state index in [4.69, 9.17) is 5.73 Å². The van der Waals surface area contributed by atoms with Crippen LogP contribution in [0.1, 0.15) is 13.8 Å². The summed E-state index contributed by atoms with van der Waals surface area (Å²) in [7, 11) is 0. The highest BCUT2D eigenvalue weighted by atomic mass is 14.9. The molecule has 0 spiro atoms. The van der Waals surface area contributed by atoms with Crippen LogP contribution in [0.3, 0.4) is 0 Å². The molecule has 0 aliphatic carbocycles. The fourth-order valence-electron chi connectivity index (χ4n) is 0.480. The van der Waals surface area contributed by atoms with E-state index >= 15 is 0 Å². The first-order valence-electron chi connectivity index (χ1n) is 3.31. The van der Waals surface area contributed by atoms with E-state index < -0.39 is 0 Å². The second kappa shape index (κ2) is 5.79. The van der Waals surface area contributed by atoms with Gasteiger partial charge in [-0.15, -0.1) is 0 Å². The molecule has 0 aromatic heterocycles. The van der Waals surface area contributed by atoms with Gasteiger partial charge in [-0.1, -0.05) is 11.6 Å². The number of rotatable bonds is 4. The summed E-state index contributed by atoms with van der Waals surface area (Å²) in [6, 6.07) is 0. The molecule has 2 heteroatoms. The number of allylic oxidation sites excluding steroid dienone is 1. The molecule has 0 rings (SSSR count). The maximum absolute atomic E-state index is 5.26. The molecule has 0 atom stereocenters. The maximum Gasteiger partial charge on any atom is 0.0137 e. The number of hydrogen-bond donors (Lipinski definition) is 2. The van der Waals surface area contributed by atoms with Gasteiger partial charge in [0.2, 0.25) is 0 Å². The average molecular weight is 128 g/mol. The van der Waals surface area contributed by atoms with Crippen molar-refractivity contribution in [1.29, 1.82) is 0 Å². The summed E-state index contributed by atoms with van der Waals surface area (Å²) in [4.78, 5) is 0. The van der Waals surface area contributed by atoms with Gasteiger partial charge in [-0.05, 0) is 13.8 Å². The van der Waals surface area contributed by atoms with Gasteiger partial charge >= 0.3 is 0 Å². The molecular weight excluding hydrogens is 112 g/mol. The lowest BCUT2D eigenvalue weighted by molar-refractivity contribution is 0.751. The molecule has 0 radical (unpaired) electrons. The molecule has 0 saturated heterocycles. The SMILES string of the molecule is CC(C)=CCNCCN. The highest BCUT2D eigenvalue weighted by molar-refractivity contribution is 4.94. The Morgan fingerprint density at radius 3 is 2.67 bits per heavy atom. The minimum Gasteiger partial charge on any atom is -0.329 e. The Kier molecular flexibility index (Phi) is 5.57. The third kappa shape index (κ3) is 7.66. The van der Waals surface area contributed by atoms with E-state index in [-0.39, 0.29) is 0 Å². The largest absolute Gasteiger partial charge is 0.329 e. The first kappa shape index (κ1) is 8.66. The Bertz CT molecular complexity index is 82.9. The van der Waals surface area contributed by atoms with E-state index in [2.05, 4.69) is 25.2 Å². The molecule has 0 bridgehead atoms. The zero-order valence-corrected chi connectivity index (χ0v) is 6.28. The van der Waals surface area contributed by atoms with E-state index in [1.165, 1.54) is 5.57 Å². The summed E-state index contributed by atoms with van der Waals surface area (Å²) in [5, 5.41) is 3.16. The molecule has 0 aromatic carbocycles. The van der Waals surface area contributed by atoms with Crippen LogP contribution < -0.4 is 11.1 Å². The van der Waals surface area contributed by atoms with Gasteiger partial charge in [0, 0.05) is 19.6 Å². The lowest BCUT2D eigenvalue weighted by Gasteiger charge is -1.96. The number of hydrogen-bond acceptors (Lipinski definition) is 2. The molecule has 0 aromatic rings. The van der Waals surface area contributed by atoms with Crippen LogP contribution in [0.5, 0.6) is 0 Å². The van der Waals surface area contributed by atoms with Gasteiger partial charge in [-0.3, -0.25) is 0 Å². The lowest BCUT2D eigenvalue weighted by atomic mass is 10.3. The minimum atomic E-state index is 0.719. The first-order valence-corrected chi connectivity index (χ1v) is 3.31. The molecular formula is C7H16N2. The predicted octanol–water partition coefficient (Wildman–Crippen LogP) is 0.501.